The molecular weight excluding hydrogens is 460 g/mol. The Kier molecular flexibility index (Phi) is 2.90. The number of aromatic carboxylic acids is 1. The number of carboxylic acids is 1. The number of nitrogens with zero attached hydrogens (tertiary/aromatic N) is 2. The van der Waals surface area contributed by atoms with Gasteiger partial charge in [-0.15, -0.1) is 0 Å². The van der Waals surface area contributed by atoms with Gasteiger partial charge in [-0.3, -0.25) is 0 Å². The second-order valence-corrected chi connectivity index (χ2v) is 9.75. The first-order valence-electron chi connectivity index (χ1n) is 19.6. The van der Waals surface area contributed by atoms with E-state index in [0.29, 0.717) is 15.0 Å². The number of carbonyl (C=O) groups is 1. The predicted molar refractivity (Wildman–Crippen MR) is 147 cm³/mol. The molecule has 2 saturated heterocycles. The summed E-state index contributed by atoms with van der Waals surface area (Å²) in [6.45, 7) is -7.34. The summed E-state index contributed by atoms with van der Waals surface area (Å²) in [5.74, 6) is -1.74. The largest absolute Gasteiger partial charge is 0.545 e. The first-order chi connectivity index (χ1) is 23.8. The first kappa shape index (κ1) is 11.8. The third-order valence-electron chi connectivity index (χ3n) is 6.38. The molecule has 190 valence electrons. The van der Waals surface area contributed by atoms with E-state index in [-0.39, 0.29) is 50.0 Å². The molecular formula is C32H34N2O3. The minimum absolute atomic E-state index is 0.114. The Labute approximate surface area is 240 Å². The third kappa shape index (κ3) is 4.30. The fraction of sp³-hybridized carbons (Fsp3) is 0.375. The van der Waals surface area contributed by atoms with Crippen molar-refractivity contribution in [1.82, 2.24) is 4.58 Å². The van der Waals surface area contributed by atoms with Crippen molar-refractivity contribution in [2.45, 2.75) is 51.7 Å². The summed E-state index contributed by atoms with van der Waals surface area (Å²) in [6.07, 6.45) is -13.4. The van der Waals surface area contributed by atoms with Crippen LogP contribution in [0.3, 0.4) is 0 Å². The number of carbonyl (C=O) groups excluding carboxylic acids is 1. The van der Waals surface area contributed by atoms with E-state index >= 15 is 0 Å². The van der Waals surface area contributed by atoms with Crippen molar-refractivity contribution in [1.29, 1.82) is 0 Å². The molecule has 6 rings (SSSR count). The van der Waals surface area contributed by atoms with Crippen molar-refractivity contribution in [3.05, 3.63) is 71.1 Å². The molecule has 5 heteroatoms. The standard InChI is InChI=1S/C32H34N2O3/c1-32(2,3)21-8-11-24(31(35)36)27(18-21)30-25-12-9-22(33-14-4-5-15-33)19-28(25)37-29-20-23(10-13-26(29)30)34-16-6-7-17-34/h8-13,18-20H,4-7,14-17H2,1-3H3/i4D2,5D2,6D2,7D2,14D2,15D2,16D2,17D2. The van der Waals surface area contributed by atoms with Crippen molar-refractivity contribution < 1.29 is 36.3 Å². The summed E-state index contributed by atoms with van der Waals surface area (Å²) in [6, 6.07) is 11.9. The number of hydrogen-bond donors (Lipinski definition) is 0. The predicted octanol–water partition coefficient (Wildman–Crippen LogP) is 5.03. The van der Waals surface area contributed by atoms with Crippen molar-refractivity contribution in [3.8, 4) is 22.5 Å². The molecule has 0 N–H and O–H groups in total. The Bertz CT molecular complexity index is 2200. The van der Waals surface area contributed by atoms with Crippen LogP contribution in [0.15, 0.2) is 59.0 Å². The van der Waals surface area contributed by atoms with Crippen LogP contribution in [0.5, 0.6) is 0 Å². The van der Waals surface area contributed by atoms with Crippen LogP contribution in [-0.4, -0.2) is 32.0 Å². The number of fused-ring (bicyclic) bond motifs is 2. The van der Waals surface area contributed by atoms with Gasteiger partial charge in [0.2, 0.25) is 5.36 Å². The highest BCUT2D eigenvalue weighted by molar-refractivity contribution is 6.07. The molecule has 0 radical (unpaired) electrons. The summed E-state index contributed by atoms with van der Waals surface area (Å²) in [7, 11) is 0. The molecule has 2 aromatic carbocycles. The Morgan fingerprint density at radius 2 is 1.70 bits per heavy atom. The molecule has 5 nitrogen and oxygen atoms in total. The van der Waals surface area contributed by atoms with Gasteiger partial charge >= 0.3 is 0 Å². The van der Waals surface area contributed by atoms with Gasteiger partial charge in [0, 0.05) is 82.1 Å². The molecule has 0 amide bonds. The van der Waals surface area contributed by atoms with E-state index in [1.807, 2.05) is 20.8 Å². The van der Waals surface area contributed by atoms with Gasteiger partial charge in [0.05, 0.1) is 12.0 Å². The lowest BCUT2D eigenvalue weighted by molar-refractivity contribution is -0.254. The number of benzene rings is 3. The summed E-state index contributed by atoms with van der Waals surface area (Å²) >= 11 is 0. The highest BCUT2D eigenvalue weighted by Gasteiger charge is 2.24. The van der Waals surface area contributed by atoms with Crippen molar-refractivity contribution in [2.24, 2.45) is 0 Å². The average molecular weight is 511 g/mol. The lowest BCUT2D eigenvalue weighted by atomic mass is 9.82. The zero-order chi connectivity index (χ0) is 40.1. The summed E-state index contributed by atoms with van der Waals surface area (Å²) < 4.78 is 141. The fourth-order valence-electron chi connectivity index (χ4n) is 4.48. The quantitative estimate of drug-likeness (QED) is 0.286. The van der Waals surface area contributed by atoms with Gasteiger partial charge in [-0.25, -0.2) is 4.58 Å². The van der Waals surface area contributed by atoms with Crippen molar-refractivity contribution >= 4 is 22.6 Å². The summed E-state index contributed by atoms with van der Waals surface area (Å²) in [5.41, 5.74) is -0.150. The van der Waals surface area contributed by atoms with Crippen LogP contribution < -0.4 is 19.9 Å². The number of rotatable bonds is 3. The zero-order valence-electron chi connectivity index (χ0n) is 36.3. The number of hydrogen-bond acceptors (Lipinski definition) is 4. The molecule has 0 unspecified atom stereocenters. The van der Waals surface area contributed by atoms with Crippen LogP contribution in [0, 0.1) is 0 Å². The number of carboxylic acid groups (broad SMARTS) is 1. The molecule has 0 spiro atoms. The smallest absolute Gasteiger partial charge is 0.203 e. The van der Waals surface area contributed by atoms with Crippen molar-refractivity contribution in [2.75, 3.05) is 30.9 Å². The Hall–Kier alpha value is -3.60. The van der Waals surface area contributed by atoms with Gasteiger partial charge in [0.1, 0.15) is 29.8 Å². The van der Waals surface area contributed by atoms with Gasteiger partial charge in [-0.1, -0.05) is 32.9 Å². The van der Waals surface area contributed by atoms with E-state index in [9.17, 15) is 9.90 Å². The molecule has 37 heavy (non-hydrogen) atoms. The third-order valence-corrected chi connectivity index (χ3v) is 6.38. The number of anilines is 1. The summed E-state index contributed by atoms with van der Waals surface area (Å²) in [4.78, 5) is 12.9. The average Bonchev–Trinajstić information content (AvgIpc) is 3.13. The Balaban J connectivity index is 1.78. The SMILES string of the molecule is [2H]C1([2H])N(c2ccc3c(-c4cc(C(C)(C)C)ccc4C(=O)[O-])c4ccc(=[N+]5C([2H])([2H])C([2H])([2H])C([2H])([2H])C5([2H])[2H])cc-4oc3c2)C([2H])([2H])C([2H])([2H])C1([2H])[2H]. The van der Waals surface area contributed by atoms with E-state index in [1.54, 1.807) is 12.1 Å². The second kappa shape index (κ2) is 9.05. The molecule has 0 atom stereocenters. The van der Waals surface area contributed by atoms with Gasteiger partial charge in [0.25, 0.3) is 0 Å². The van der Waals surface area contributed by atoms with E-state index in [2.05, 4.69) is 0 Å². The van der Waals surface area contributed by atoms with Crippen LogP contribution in [0.2, 0.25) is 0 Å². The van der Waals surface area contributed by atoms with E-state index < -0.39 is 62.9 Å². The maximum absolute atomic E-state index is 12.6. The van der Waals surface area contributed by atoms with Crippen LogP contribution in [-0.2, 0) is 5.41 Å². The molecule has 0 aromatic heterocycles. The zero-order valence-corrected chi connectivity index (χ0v) is 20.3. The van der Waals surface area contributed by atoms with E-state index in [4.69, 9.17) is 26.3 Å². The van der Waals surface area contributed by atoms with Gasteiger partial charge in [-0.2, -0.15) is 0 Å². The van der Waals surface area contributed by atoms with Crippen LogP contribution in [0.4, 0.5) is 5.69 Å². The van der Waals surface area contributed by atoms with E-state index in [1.165, 1.54) is 30.3 Å². The highest BCUT2D eigenvalue weighted by atomic mass is 16.4. The lowest BCUT2D eigenvalue weighted by Crippen LogP contribution is -2.26. The van der Waals surface area contributed by atoms with E-state index in [0.717, 1.165) is 12.1 Å². The topological polar surface area (TPSA) is 59.5 Å². The monoisotopic (exact) mass is 510 g/mol. The van der Waals surface area contributed by atoms with Crippen LogP contribution in [0.25, 0.3) is 33.4 Å². The lowest BCUT2D eigenvalue weighted by Gasteiger charge is -2.24. The fourth-order valence-corrected chi connectivity index (χ4v) is 4.48. The van der Waals surface area contributed by atoms with Gasteiger partial charge in [0.15, 0.2) is 0 Å². The van der Waals surface area contributed by atoms with Gasteiger partial charge in [-0.05, 0) is 53.6 Å². The van der Waals surface area contributed by atoms with Crippen molar-refractivity contribution in [3.63, 3.8) is 0 Å². The normalized spacial score (nSPS) is 33.6. The van der Waals surface area contributed by atoms with Crippen LogP contribution in [0.1, 0.15) is 84.1 Å². The molecule has 2 fully saturated rings. The first-order valence-corrected chi connectivity index (χ1v) is 11.6. The molecule has 0 saturated carbocycles. The molecule has 3 aliphatic heterocycles. The molecule has 0 bridgehead atoms. The molecule has 2 aromatic rings. The highest BCUT2D eigenvalue weighted by Crippen LogP contribution is 2.43. The summed E-state index contributed by atoms with van der Waals surface area (Å²) in [5, 5.41) is 12.4. The molecule has 4 aliphatic rings. The van der Waals surface area contributed by atoms with Crippen LogP contribution >= 0.6 is 0 Å². The van der Waals surface area contributed by atoms with Gasteiger partial charge < -0.3 is 19.2 Å². The maximum atomic E-state index is 12.6. The Morgan fingerprint density at radius 3 is 2.41 bits per heavy atom. The molecule has 1 aliphatic carbocycles. The minimum Gasteiger partial charge on any atom is -0.545 e. The maximum Gasteiger partial charge on any atom is 0.203 e. The molecule has 3 heterocycles. The second-order valence-electron chi connectivity index (χ2n) is 9.75. The Morgan fingerprint density at radius 1 is 0.946 bits per heavy atom. The minimum atomic E-state index is -3.36.